The smallest absolute Gasteiger partial charge is 0.400 e. The molecule has 22 heavy (non-hydrogen) atoms. The Morgan fingerprint density at radius 2 is 1.86 bits per heavy atom. The third-order valence-electron chi connectivity index (χ3n) is 4.40. The summed E-state index contributed by atoms with van der Waals surface area (Å²) in [5, 5.41) is 0. The van der Waals surface area contributed by atoms with Gasteiger partial charge in [0.25, 0.3) is 0 Å². The number of thiol groups is 1. The van der Waals surface area contributed by atoms with E-state index >= 15 is 0 Å². The predicted molar refractivity (Wildman–Crippen MR) is 92.2 cm³/mol. The van der Waals surface area contributed by atoms with E-state index in [1.807, 2.05) is 33.8 Å². The monoisotopic (exact) mass is 323 g/mol. The van der Waals surface area contributed by atoms with Gasteiger partial charge in [-0.15, -0.1) is 0 Å². The van der Waals surface area contributed by atoms with Gasteiger partial charge in [-0.2, -0.15) is 12.6 Å². The van der Waals surface area contributed by atoms with Crippen LogP contribution in [0.2, 0.25) is 0 Å². The maximum absolute atomic E-state index is 13.3. The fourth-order valence-electron chi connectivity index (χ4n) is 2.27. The summed E-state index contributed by atoms with van der Waals surface area (Å²) in [5.41, 5.74) is 7.39. The summed E-state index contributed by atoms with van der Waals surface area (Å²) in [5.74, 6) is 0.193. The summed E-state index contributed by atoms with van der Waals surface area (Å²) in [7, 11) is -0.460. The summed E-state index contributed by atoms with van der Waals surface area (Å²) in [6.45, 7) is 8.30. The van der Waals surface area contributed by atoms with Crippen LogP contribution in [0.3, 0.4) is 0 Å². The second-order valence-corrected chi connectivity index (χ2v) is 6.83. The largest absolute Gasteiger partial charge is 0.491 e. The highest BCUT2D eigenvalue weighted by Crippen LogP contribution is 2.39. The SMILES string of the molecule is CC1(C)OB(C(=Cc2ccc(F)cc2CN)CS)OC1(C)C. The van der Waals surface area contributed by atoms with E-state index in [0.29, 0.717) is 5.75 Å². The van der Waals surface area contributed by atoms with E-state index in [2.05, 4.69) is 12.6 Å². The fourth-order valence-corrected chi connectivity index (χ4v) is 2.51. The lowest BCUT2D eigenvalue weighted by Gasteiger charge is -2.32. The lowest BCUT2D eigenvalue weighted by molar-refractivity contribution is 0.00578. The summed E-state index contributed by atoms with van der Waals surface area (Å²) >= 11 is 4.38. The van der Waals surface area contributed by atoms with Crippen molar-refractivity contribution in [1.29, 1.82) is 0 Å². The molecule has 120 valence electrons. The first kappa shape index (κ1) is 17.5. The van der Waals surface area contributed by atoms with Gasteiger partial charge in [0.05, 0.1) is 11.2 Å². The molecule has 0 radical (unpaired) electrons. The molecule has 0 spiro atoms. The van der Waals surface area contributed by atoms with Crippen molar-refractivity contribution in [3.8, 4) is 0 Å². The van der Waals surface area contributed by atoms with Crippen LogP contribution in [0.25, 0.3) is 6.08 Å². The zero-order valence-corrected chi connectivity index (χ0v) is 14.4. The normalized spacial score (nSPS) is 20.5. The van der Waals surface area contributed by atoms with Gasteiger partial charge in [0.2, 0.25) is 0 Å². The Balaban J connectivity index is 2.34. The van der Waals surface area contributed by atoms with Crippen LogP contribution in [0.15, 0.2) is 23.7 Å². The van der Waals surface area contributed by atoms with Crippen LogP contribution in [0.5, 0.6) is 0 Å². The van der Waals surface area contributed by atoms with Gasteiger partial charge in [0, 0.05) is 12.3 Å². The molecular weight excluding hydrogens is 300 g/mol. The van der Waals surface area contributed by atoms with E-state index in [9.17, 15) is 4.39 Å². The Kier molecular flexibility index (Phi) is 5.07. The highest BCUT2D eigenvalue weighted by atomic mass is 32.1. The van der Waals surface area contributed by atoms with Crippen LogP contribution in [0.4, 0.5) is 4.39 Å². The average Bonchev–Trinajstić information content (AvgIpc) is 2.65. The zero-order chi connectivity index (χ0) is 16.5. The highest BCUT2D eigenvalue weighted by molar-refractivity contribution is 7.80. The van der Waals surface area contributed by atoms with Crippen LogP contribution in [-0.2, 0) is 15.9 Å². The number of nitrogens with two attached hydrogens (primary N) is 1. The standard InChI is InChI=1S/C16H23BFNO2S/c1-15(2)16(3,4)21-17(20-15)13(10-22)7-11-5-6-14(18)8-12(11)9-19/h5-8,22H,9-10,19H2,1-4H3. The van der Waals surface area contributed by atoms with Gasteiger partial charge in [-0.1, -0.05) is 12.1 Å². The Labute approximate surface area is 137 Å². The van der Waals surface area contributed by atoms with Crippen molar-refractivity contribution in [2.75, 3.05) is 5.75 Å². The maximum atomic E-state index is 13.3. The highest BCUT2D eigenvalue weighted by Gasteiger charge is 2.52. The van der Waals surface area contributed by atoms with Gasteiger partial charge >= 0.3 is 7.12 Å². The Hall–Kier alpha value is -0.815. The molecular formula is C16H23BFNO2S. The fraction of sp³-hybridized carbons (Fsp3) is 0.500. The molecule has 1 fully saturated rings. The van der Waals surface area contributed by atoms with Gasteiger partial charge in [-0.25, -0.2) is 4.39 Å². The first-order valence-electron chi connectivity index (χ1n) is 7.35. The summed E-state index contributed by atoms with van der Waals surface area (Å²) in [4.78, 5) is 0. The van der Waals surface area contributed by atoms with E-state index in [4.69, 9.17) is 15.0 Å². The number of hydrogen-bond acceptors (Lipinski definition) is 4. The van der Waals surface area contributed by atoms with Gasteiger partial charge in [0.15, 0.2) is 0 Å². The molecule has 1 aromatic rings. The summed E-state index contributed by atoms with van der Waals surface area (Å²) < 4.78 is 25.4. The molecule has 1 aliphatic heterocycles. The summed E-state index contributed by atoms with van der Waals surface area (Å²) in [6.07, 6.45) is 1.93. The Morgan fingerprint density at radius 1 is 1.27 bits per heavy atom. The Morgan fingerprint density at radius 3 is 2.36 bits per heavy atom. The molecule has 0 saturated carbocycles. The molecule has 0 aliphatic carbocycles. The maximum Gasteiger partial charge on any atom is 0.491 e. The van der Waals surface area contributed by atoms with Crippen molar-refractivity contribution in [1.82, 2.24) is 0 Å². The number of rotatable bonds is 4. The second kappa shape index (κ2) is 6.36. The van der Waals surface area contributed by atoms with Crippen molar-refractivity contribution in [2.24, 2.45) is 5.73 Å². The van der Waals surface area contributed by atoms with E-state index in [1.165, 1.54) is 12.1 Å². The van der Waals surface area contributed by atoms with Crippen LogP contribution in [0, 0.1) is 5.82 Å². The third-order valence-corrected chi connectivity index (χ3v) is 4.77. The van der Waals surface area contributed by atoms with Crippen molar-refractivity contribution in [2.45, 2.75) is 45.4 Å². The quantitative estimate of drug-likeness (QED) is 0.660. The molecule has 6 heteroatoms. The molecule has 1 aromatic carbocycles. The Bertz CT molecular complexity index is 574. The van der Waals surface area contributed by atoms with Crippen LogP contribution >= 0.6 is 12.6 Å². The topological polar surface area (TPSA) is 44.5 Å². The van der Waals surface area contributed by atoms with E-state index in [1.54, 1.807) is 6.07 Å². The number of hydrogen-bond donors (Lipinski definition) is 2. The van der Waals surface area contributed by atoms with Crippen LogP contribution in [0.1, 0.15) is 38.8 Å². The molecule has 1 heterocycles. The average molecular weight is 323 g/mol. The molecule has 3 nitrogen and oxygen atoms in total. The minimum absolute atomic E-state index is 0.271. The van der Waals surface area contributed by atoms with Crippen molar-refractivity contribution >= 4 is 25.8 Å². The molecule has 1 saturated heterocycles. The van der Waals surface area contributed by atoms with Crippen molar-refractivity contribution in [3.63, 3.8) is 0 Å². The van der Waals surface area contributed by atoms with Crippen LogP contribution < -0.4 is 5.73 Å². The third kappa shape index (κ3) is 3.40. The minimum Gasteiger partial charge on any atom is -0.400 e. The molecule has 2 N–H and O–H groups in total. The van der Waals surface area contributed by atoms with Gasteiger partial charge in [-0.05, 0) is 56.4 Å². The number of halogens is 1. The molecule has 0 bridgehead atoms. The van der Waals surface area contributed by atoms with Gasteiger partial charge in [-0.3, -0.25) is 0 Å². The van der Waals surface area contributed by atoms with Gasteiger partial charge in [0.1, 0.15) is 5.82 Å². The predicted octanol–water partition coefficient (Wildman–Crippen LogP) is 3.23. The summed E-state index contributed by atoms with van der Waals surface area (Å²) in [6, 6.07) is 4.59. The lowest BCUT2D eigenvalue weighted by Crippen LogP contribution is -2.41. The first-order valence-corrected chi connectivity index (χ1v) is 7.99. The van der Waals surface area contributed by atoms with E-state index in [0.717, 1.165) is 16.6 Å². The molecule has 1 aliphatic rings. The minimum atomic E-state index is -0.460. The zero-order valence-electron chi connectivity index (χ0n) is 13.5. The molecule has 0 unspecified atom stereocenters. The van der Waals surface area contributed by atoms with E-state index < -0.39 is 18.3 Å². The molecule has 0 aromatic heterocycles. The first-order chi connectivity index (χ1) is 10.2. The van der Waals surface area contributed by atoms with Gasteiger partial charge < -0.3 is 15.0 Å². The second-order valence-electron chi connectivity index (χ2n) is 6.51. The van der Waals surface area contributed by atoms with Crippen molar-refractivity contribution in [3.05, 3.63) is 40.6 Å². The van der Waals surface area contributed by atoms with Crippen molar-refractivity contribution < 1.29 is 13.7 Å². The van der Waals surface area contributed by atoms with Crippen LogP contribution in [-0.4, -0.2) is 24.1 Å². The molecule has 0 atom stereocenters. The molecule has 0 amide bonds. The van der Waals surface area contributed by atoms with E-state index in [-0.39, 0.29) is 12.4 Å². The number of benzene rings is 1. The molecule has 2 rings (SSSR count). The lowest BCUT2D eigenvalue weighted by atomic mass is 9.78.